The molecule has 22 rings (SSSR count). The third kappa shape index (κ3) is 12.1. The minimum absolute atomic E-state index is 0.00441. The van der Waals surface area contributed by atoms with Gasteiger partial charge in [-0.2, -0.15) is 0 Å². The van der Waals surface area contributed by atoms with E-state index < -0.39 is 43.0 Å². The summed E-state index contributed by atoms with van der Waals surface area (Å²) < 4.78 is 83.6. The Morgan fingerprint density at radius 1 is 0.256 bits per heavy atom. The molecule has 7 heteroatoms. The largest absolute Gasteiger partial charge is 0.311 e. The lowest BCUT2D eigenvalue weighted by Crippen LogP contribution is -2.61. The van der Waals surface area contributed by atoms with Gasteiger partial charge in [-0.25, -0.2) is 0 Å². The number of hydrogen-bond acceptors (Lipinski definition) is 3. The Kier molecular flexibility index (Phi) is 15.0. The highest BCUT2D eigenvalue weighted by molar-refractivity contribution is 7.00. The molecule has 0 amide bonds. The van der Waals surface area contributed by atoms with Gasteiger partial charge in [-0.15, -0.1) is 0 Å². The zero-order chi connectivity index (χ0) is 88.7. The summed E-state index contributed by atoms with van der Waals surface area (Å²) in [6, 6.07) is 120. The smallest absolute Gasteiger partial charge is 0.252 e. The summed E-state index contributed by atoms with van der Waals surface area (Å²) in [5.41, 5.74) is 28.4. The molecule has 0 atom stereocenters. The quantitative estimate of drug-likeness (QED) is 0.114. The first-order valence-corrected chi connectivity index (χ1v) is 41.9. The van der Waals surface area contributed by atoms with Crippen LogP contribution in [0.3, 0.4) is 0 Å². The van der Waals surface area contributed by atoms with Crippen molar-refractivity contribution in [2.75, 3.05) is 14.7 Å². The van der Waals surface area contributed by atoms with Crippen LogP contribution in [0.4, 0.5) is 51.2 Å². The summed E-state index contributed by atoms with van der Waals surface area (Å²) in [6.07, 6.45) is 0. The van der Waals surface area contributed by atoms with Gasteiger partial charge >= 0.3 is 0 Å². The van der Waals surface area contributed by atoms with Crippen LogP contribution in [0.1, 0.15) is 90.0 Å². The molecule has 0 saturated carbocycles. The van der Waals surface area contributed by atoms with Crippen molar-refractivity contribution in [3.05, 3.63) is 405 Å². The molecule has 0 fully saturated rings. The maximum atomic E-state index is 10.1. The topological polar surface area (TPSA) is 24.5 Å². The zero-order valence-corrected chi connectivity index (χ0v) is 69.1. The lowest BCUT2D eigenvalue weighted by atomic mass is 9.33. The van der Waals surface area contributed by atoms with E-state index in [0.29, 0.717) is 5.69 Å². The molecule has 0 radical (unpaired) electrons. The molecule has 580 valence electrons. The molecule has 0 unspecified atom stereocenters. The average molecular weight is 1560 g/mol. The zero-order valence-electron chi connectivity index (χ0n) is 77.1. The fraction of sp³-hybridized carbons (Fsp3) is 0.105. The number of rotatable bonds is 12. The fourth-order valence-corrected chi connectivity index (χ4v) is 19.1. The first kappa shape index (κ1) is 64.7. The maximum absolute atomic E-state index is 10.1. The number of benzene rings is 17. The van der Waals surface area contributed by atoms with E-state index in [-0.39, 0.29) is 50.1 Å². The highest BCUT2D eigenvalue weighted by Crippen LogP contribution is 2.55. The molecule has 0 spiro atoms. The summed E-state index contributed by atoms with van der Waals surface area (Å²) in [5, 5.41) is 4.41. The summed E-state index contributed by atoms with van der Waals surface area (Å²) >= 11 is 0. The van der Waals surface area contributed by atoms with E-state index >= 15 is 0 Å². The monoisotopic (exact) mass is 1560 g/mol. The minimum atomic E-state index is -0.581. The van der Waals surface area contributed by atoms with E-state index in [4.69, 9.17) is 0 Å². The van der Waals surface area contributed by atoms with Gasteiger partial charge in [0.1, 0.15) is 0 Å². The number of nitrogens with zero attached hydrogens (tertiary/aromatic N) is 6. The van der Waals surface area contributed by atoms with Crippen LogP contribution in [0, 0.1) is 0 Å². The maximum Gasteiger partial charge on any atom is 0.252 e. The van der Waals surface area contributed by atoms with Gasteiger partial charge in [0, 0.05) is 100 Å². The van der Waals surface area contributed by atoms with Crippen molar-refractivity contribution < 1.29 is 11.0 Å². The molecule has 2 aliphatic heterocycles. The van der Waals surface area contributed by atoms with Crippen molar-refractivity contribution in [3.63, 3.8) is 0 Å². The van der Waals surface area contributed by atoms with E-state index in [1.54, 1.807) is 4.57 Å². The molecule has 0 N–H and O–H groups in total. The predicted molar refractivity (Wildman–Crippen MR) is 516 cm³/mol. The van der Waals surface area contributed by atoms with Crippen LogP contribution in [-0.2, 0) is 16.2 Å². The summed E-state index contributed by atoms with van der Waals surface area (Å²) in [4.78, 5) is 7.35. The number of para-hydroxylation sites is 5. The first-order chi connectivity index (χ1) is 62.2. The second-order valence-corrected chi connectivity index (χ2v) is 35.5. The van der Waals surface area contributed by atoms with Gasteiger partial charge in [-0.3, -0.25) is 0 Å². The highest BCUT2D eigenvalue weighted by atomic mass is 15.2. The van der Waals surface area contributed by atoms with Crippen LogP contribution >= 0.6 is 0 Å². The lowest BCUT2D eigenvalue weighted by Gasteiger charge is -2.45. The molecule has 0 bridgehead atoms. The molecular weight excluding hydrogens is 1460 g/mol. The van der Waals surface area contributed by atoms with Crippen molar-refractivity contribution in [2.45, 2.75) is 78.6 Å². The third-order valence-electron chi connectivity index (χ3n) is 25.0. The van der Waals surface area contributed by atoms with E-state index in [2.05, 4.69) is 420 Å². The van der Waals surface area contributed by atoms with Crippen molar-refractivity contribution in [3.8, 4) is 61.6 Å². The standard InChI is InChI=1S/C114H91BN6/c1-112(2,3)80-52-59-103-95(65-80)96-66-81(113(4,5)6)53-60-104(96)118(103)86-54-57-98-106(70-86)120(88-63-78(74-34-16-10-17-35-74)62-79(64-88)75-36-18-11-19-37-75)108-72-89(119-102-51-33-30-48-92(102)97-69-85(56-61-105(97)119)116(83-42-24-14-25-43-83)84-44-26-15-27-45-84)73-109-110(108)115(98)99-58-55-87(117-100-49-31-28-46-90(100)91-47-29-32-50-101(91)117)71-107(99)121(109)111-93(76-38-20-12-21-39-76)67-82(114(7,8)9)68-94(111)77-40-22-13-23-41-77/h10-73H,1-9H3/i28D,29D,31D,32D,46D,47D,49D,50D. The van der Waals surface area contributed by atoms with Crippen LogP contribution in [0.15, 0.2) is 388 Å². The number of anilines is 9. The third-order valence-corrected chi connectivity index (χ3v) is 25.0. The molecule has 2 aliphatic rings. The van der Waals surface area contributed by atoms with Crippen molar-refractivity contribution in [1.29, 1.82) is 0 Å². The molecule has 17 aromatic carbocycles. The van der Waals surface area contributed by atoms with E-state index in [1.165, 1.54) is 21.9 Å². The first-order valence-electron chi connectivity index (χ1n) is 45.9. The normalized spacial score (nSPS) is 13.7. The number of hydrogen-bond donors (Lipinski definition) is 0. The summed E-state index contributed by atoms with van der Waals surface area (Å²) in [7, 11) is 0. The van der Waals surface area contributed by atoms with Crippen LogP contribution < -0.4 is 31.1 Å². The molecule has 0 saturated heterocycles. The minimum Gasteiger partial charge on any atom is -0.311 e. The Hall–Kier alpha value is -14.4. The number of fused-ring (bicyclic) bond motifs is 13. The molecule has 5 heterocycles. The van der Waals surface area contributed by atoms with Gasteiger partial charge in [0.05, 0.1) is 55.4 Å². The molecule has 3 aromatic heterocycles. The molecule has 20 aromatic rings. The Morgan fingerprint density at radius 3 is 1.13 bits per heavy atom. The lowest BCUT2D eigenvalue weighted by molar-refractivity contribution is 0.590. The molecular formula is C114H91BN6. The Labute approximate surface area is 719 Å². The SMILES string of the molecule is [2H]c1c([2H])c([2H])c2c(c1[2H])c1c([2H])c([2H])c([2H])c([2H])c1n2-c1ccc2c(c1)N(c1c(-c3ccccc3)cc(C(C)(C)C)cc1-c1ccccc1)c1cc(-n3c4ccccc4c4cc(N(c5ccccc5)c5ccccc5)ccc43)cc3c1B2c1ccc(-n2c4ccc(C(C)(C)C)cc4c4cc(C(C)(C)C)ccc42)cc1N3c1cc(-c2ccccc2)cc(-c2ccccc2)c1. The van der Waals surface area contributed by atoms with Gasteiger partial charge in [0.2, 0.25) is 0 Å². The van der Waals surface area contributed by atoms with Gasteiger partial charge in [-0.05, 0) is 234 Å². The average Bonchev–Trinajstić information content (AvgIpc) is 1.65. The van der Waals surface area contributed by atoms with E-state index in [9.17, 15) is 11.0 Å². The Morgan fingerprint density at radius 2 is 0.645 bits per heavy atom. The highest BCUT2D eigenvalue weighted by Gasteiger charge is 2.46. The van der Waals surface area contributed by atoms with Gasteiger partial charge in [-0.1, -0.05) is 299 Å². The van der Waals surface area contributed by atoms with Crippen LogP contribution in [0.2, 0.25) is 0 Å². The fourth-order valence-electron chi connectivity index (χ4n) is 19.1. The van der Waals surface area contributed by atoms with E-state index in [0.717, 1.165) is 162 Å². The Bertz CT molecular complexity index is 7720. The summed E-state index contributed by atoms with van der Waals surface area (Å²) in [5.74, 6) is 0. The second-order valence-electron chi connectivity index (χ2n) is 35.5. The molecule has 0 aliphatic carbocycles. The Balaban J connectivity index is 0.937. The van der Waals surface area contributed by atoms with Crippen molar-refractivity contribution >= 4 is 140 Å². The molecule has 121 heavy (non-hydrogen) atoms. The van der Waals surface area contributed by atoms with Gasteiger partial charge in [0.25, 0.3) is 6.71 Å². The number of aromatic nitrogens is 3. The van der Waals surface area contributed by atoms with Crippen LogP contribution in [0.5, 0.6) is 0 Å². The summed E-state index contributed by atoms with van der Waals surface area (Å²) in [6.45, 7) is 19.9. The second kappa shape index (κ2) is 28.2. The van der Waals surface area contributed by atoms with Gasteiger partial charge in [0.15, 0.2) is 0 Å². The van der Waals surface area contributed by atoms with Gasteiger partial charge < -0.3 is 28.4 Å². The van der Waals surface area contributed by atoms with E-state index in [1.807, 2.05) is 6.07 Å². The van der Waals surface area contributed by atoms with Crippen LogP contribution in [-0.4, -0.2) is 20.4 Å². The van der Waals surface area contributed by atoms with Crippen molar-refractivity contribution in [1.82, 2.24) is 13.7 Å². The molecule has 6 nitrogen and oxygen atoms in total. The van der Waals surface area contributed by atoms with Crippen molar-refractivity contribution in [2.24, 2.45) is 0 Å². The predicted octanol–water partition coefficient (Wildman–Crippen LogP) is 29.1. The van der Waals surface area contributed by atoms with Crippen LogP contribution in [0.25, 0.3) is 127 Å².